The fraction of sp³-hybridized carbons (Fsp3) is 0.357. The summed E-state index contributed by atoms with van der Waals surface area (Å²) in [5, 5.41) is 5.22. The Kier molecular flexibility index (Phi) is 4.88. The molecular formula is C28H29N3O3. The number of benzene rings is 3. The van der Waals surface area contributed by atoms with Crippen LogP contribution in [0, 0.1) is 0 Å². The zero-order valence-corrected chi connectivity index (χ0v) is 19.6. The molecule has 6 rings (SSSR count). The first kappa shape index (κ1) is 21.2. The number of amides is 2. The zero-order valence-electron chi connectivity index (χ0n) is 19.6. The van der Waals surface area contributed by atoms with Crippen molar-refractivity contribution in [1.29, 1.82) is 0 Å². The van der Waals surface area contributed by atoms with Crippen molar-refractivity contribution in [2.75, 3.05) is 25.0 Å². The molecule has 3 aromatic carbocycles. The molecule has 2 atom stereocenters. The molecule has 0 saturated carbocycles. The fourth-order valence-corrected chi connectivity index (χ4v) is 6.24. The Bertz CT molecular complexity index is 1290. The van der Waals surface area contributed by atoms with E-state index >= 15 is 0 Å². The van der Waals surface area contributed by atoms with Crippen LogP contribution in [-0.2, 0) is 21.6 Å². The Balaban J connectivity index is 1.23. The van der Waals surface area contributed by atoms with Crippen molar-refractivity contribution >= 4 is 28.5 Å². The lowest BCUT2D eigenvalue weighted by Gasteiger charge is -2.40. The number of rotatable bonds is 3. The van der Waals surface area contributed by atoms with Crippen molar-refractivity contribution in [2.45, 2.75) is 43.9 Å². The van der Waals surface area contributed by atoms with Gasteiger partial charge in [0.15, 0.2) is 0 Å². The molecule has 1 N–H and O–H groups in total. The van der Waals surface area contributed by atoms with Crippen LogP contribution < -0.4 is 10.2 Å². The second-order valence-corrected chi connectivity index (χ2v) is 9.71. The number of likely N-dealkylation sites (tertiary alicyclic amines) is 1. The van der Waals surface area contributed by atoms with E-state index in [0.717, 1.165) is 43.6 Å². The maximum Gasteiger partial charge on any atom is 0.408 e. The molecule has 1 fully saturated rings. The van der Waals surface area contributed by atoms with Gasteiger partial charge in [0.25, 0.3) is 5.91 Å². The highest BCUT2D eigenvalue weighted by atomic mass is 16.6. The number of alkyl carbamates (subject to hydrolysis) is 1. The lowest BCUT2D eigenvalue weighted by atomic mass is 9.97. The number of anilines is 1. The minimum atomic E-state index is -1.31. The van der Waals surface area contributed by atoms with Crippen LogP contribution in [0.3, 0.4) is 0 Å². The van der Waals surface area contributed by atoms with Gasteiger partial charge in [-0.2, -0.15) is 0 Å². The summed E-state index contributed by atoms with van der Waals surface area (Å²) in [6.45, 7) is 3.56. The number of nitrogens with zero attached hydrogens (tertiary/aromatic N) is 2. The van der Waals surface area contributed by atoms with Crippen molar-refractivity contribution in [3.05, 3.63) is 77.4 Å². The van der Waals surface area contributed by atoms with Crippen LogP contribution in [0.1, 0.15) is 42.5 Å². The Morgan fingerprint density at radius 1 is 1.03 bits per heavy atom. The third-order valence-electron chi connectivity index (χ3n) is 7.91. The average Bonchev–Trinajstić information content (AvgIpc) is 3.34. The monoisotopic (exact) mass is 455 g/mol. The maximum absolute atomic E-state index is 13.7. The van der Waals surface area contributed by atoms with Gasteiger partial charge in [-0.15, -0.1) is 0 Å². The van der Waals surface area contributed by atoms with Crippen molar-refractivity contribution in [2.24, 2.45) is 0 Å². The number of hydrogen-bond donors (Lipinski definition) is 1. The van der Waals surface area contributed by atoms with Gasteiger partial charge >= 0.3 is 6.09 Å². The standard InChI is InChI=1S/C28H29N3O3/c1-28(34-27(33)29-2)22-11-3-4-12-23(22)31(26(28)32)20-13-15-30(16-14-20)24-17-19-9-5-7-18-8-6-10-21(24)25(18)19/h3-12,20,24H,13-17H2,1-2H3,(H,29,33). The maximum atomic E-state index is 13.7. The molecule has 2 heterocycles. The fourth-order valence-electron chi connectivity index (χ4n) is 6.24. The molecule has 3 aromatic rings. The molecule has 1 aliphatic carbocycles. The van der Waals surface area contributed by atoms with E-state index in [2.05, 4.69) is 46.6 Å². The Labute approximate surface area is 199 Å². The van der Waals surface area contributed by atoms with E-state index < -0.39 is 11.7 Å². The van der Waals surface area contributed by atoms with Crippen molar-refractivity contribution in [3.8, 4) is 0 Å². The van der Waals surface area contributed by atoms with Crippen LogP contribution in [0.25, 0.3) is 10.8 Å². The summed E-state index contributed by atoms with van der Waals surface area (Å²) in [6, 6.07) is 21.4. The van der Waals surface area contributed by atoms with Gasteiger partial charge in [-0.3, -0.25) is 9.69 Å². The third-order valence-corrected chi connectivity index (χ3v) is 7.91. The Morgan fingerprint density at radius 3 is 2.53 bits per heavy atom. The summed E-state index contributed by atoms with van der Waals surface area (Å²) in [6.07, 6.45) is 2.22. The summed E-state index contributed by atoms with van der Waals surface area (Å²) in [7, 11) is 1.51. The molecule has 0 bridgehead atoms. The molecule has 34 heavy (non-hydrogen) atoms. The van der Waals surface area contributed by atoms with Crippen molar-refractivity contribution < 1.29 is 14.3 Å². The lowest BCUT2D eigenvalue weighted by Crippen LogP contribution is -2.51. The predicted octanol–water partition coefficient (Wildman–Crippen LogP) is 4.52. The van der Waals surface area contributed by atoms with Crippen LogP contribution in [0.4, 0.5) is 10.5 Å². The predicted molar refractivity (Wildman–Crippen MR) is 132 cm³/mol. The molecule has 3 aliphatic rings. The molecule has 0 radical (unpaired) electrons. The number of ether oxygens (including phenoxy) is 1. The van der Waals surface area contributed by atoms with Crippen LogP contribution >= 0.6 is 0 Å². The largest absolute Gasteiger partial charge is 0.428 e. The molecule has 1 saturated heterocycles. The first-order valence-electron chi connectivity index (χ1n) is 12.1. The first-order chi connectivity index (χ1) is 16.5. The molecule has 2 aliphatic heterocycles. The smallest absolute Gasteiger partial charge is 0.408 e. The van der Waals surface area contributed by atoms with Gasteiger partial charge in [0, 0.05) is 37.8 Å². The molecular weight excluding hydrogens is 426 g/mol. The molecule has 0 spiro atoms. The normalized spacial score (nSPS) is 24.5. The van der Waals surface area contributed by atoms with E-state index in [1.165, 1.54) is 28.9 Å². The highest BCUT2D eigenvalue weighted by molar-refractivity contribution is 6.08. The van der Waals surface area contributed by atoms with Gasteiger partial charge in [0.05, 0.1) is 5.69 Å². The van der Waals surface area contributed by atoms with Crippen LogP contribution in [0.2, 0.25) is 0 Å². The van der Waals surface area contributed by atoms with Crippen LogP contribution in [-0.4, -0.2) is 43.1 Å². The summed E-state index contributed by atoms with van der Waals surface area (Å²) in [5.41, 5.74) is 3.17. The van der Waals surface area contributed by atoms with E-state index in [0.29, 0.717) is 6.04 Å². The van der Waals surface area contributed by atoms with E-state index in [9.17, 15) is 9.59 Å². The molecule has 2 unspecified atom stereocenters. The number of para-hydroxylation sites is 1. The summed E-state index contributed by atoms with van der Waals surface area (Å²) < 4.78 is 5.63. The number of carbonyl (C=O) groups excluding carboxylic acids is 2. The third kappa shape index (κ3) is 3.05. The average molecular weight is 456 g/mol. The number of nitrogens with one attached hydrogen (secondary N) is 1. The van der Waals surface area contributed by atoms with Crippen LogP contribution in [0.15, 0.2) is 60.7 Å². The molecule has 2 amide bonds. The molecule has 174 valence electrons. The SMILES string of the molecule is CNC(=O)OC1(C)C(=O)N(C2CCN(C3Cc4cccc5cccc3c45)CC2)c2ccccc21. The summed E-state index contributed by atoms with van der Waals surface area (Å²) in [5.74, 6) is -0.159. The van der Waals surface area contributed by atoms with E-state index in [1.807, 2.05) is 29.2 Å². The molecule has 6 heteroatoms. The Morgan fingerprint density at radius 2 is 1.76 bits per heavy atom. The number of piperidine rings is 1. The van der Waals surface area contributed by atoms with Gasteiger partial charge < -0.3 is 15.0 Å². The van der Waals surface area contributed by atoms with Gasteiger partial charge in [-0.1, -0.05) is 54.6 Å². The minimum absolute atomic E-state index is 0.0829. The second kappa shape index (κ2) is 7.84. The first-order valence-corrected chi connectivity index (χ1v) is 12.1. The zero-order chi connectivity index (χ0) is 23.4. The second-order valence-electron chi connectivity index (χ2n) is 9.71. The number of carbonyl (C=O) groups is 2. The van der Waals surface area contributed by atoms with Gasteiger partial charge in [-0.25, -0.2) is 4.79 Å². The van der Waals surface area contributed by atoms with Crippen molar-refractivity contribution in [1.82, 2.24) is 10.2 Å². The quantitative estimate of drug-likeness (QED) is 0.631. The topological polar surface area (TPSA) is 61.9 Å². The molecule has 6 nitrogen and oxygen atoms in total. The molecule has 0 aromatic heterocycles. The summed E-state index contributed by atoms with van der Waals surface area (Å²) >= 11 is 0. The summed E-state index contributed by atoms with van der Waals surface area (Å²) in [4.78, 5) is 30.2. The highest BCUT2D eigenvalue weighted by Crippen LogP contribution is 2.46. The number of fused-ring (bicyclic) bond motifs is 1. The number of hydrogen-bond acceptors (Lipinski definition) is 4. The minimum Gasteiger partial charge on any atom is -0.428 e. The van der Waals surface area contributed by atoms with E-state index in [-0.39, 0.29) is 11.9 Å². The van der Waals surface area contributed by atoms with Crippen molar-refractivity contribution in [3.63, 3.8) is 0 Å². The van der Waals surface area contributed by atoms with Gasteiger partial charge in [-0.05, 0) is 54.2 Å². The van der Waals surface area contributed by atoms with Gasteiger partial charge in [0.2, 0.25) is 5.60 Å². The van der Waals surface area contributed by atoms with Crippen LogP contribution in [0.5, 0.6) is 0 Å². The Hall–Kier alpha value is -3.38. The highest BCUT2D eigenvalue weighted by Gasteiger charge is 2.52. The van der Waals surface area contributed by atoms with Gasteiger partial charge in [0.1, 0.15) is 0 Å². The van der Waals surface area contributed by atoms with E-state index in [1.54, 1.807) is 6.92 Å². The lowest BCUT2D eigenvalue weighted by molar-refractivity contribution is -0.135. The van der Waals surface area contributed by atoms with E-state index in [4.69, 9.17) is 4.74 Å².